The zero-order chi connectivity index (χ0) is 32.6. The summed E-state index contributed by atoms with van der Waals surface area (Å²) < 4.78 is 5.99. The van der Waals surface area contributed by atoms with Crippen LogP contribution in [0.4, 0.5) is 11.4 Å². The first kappa shape index (κ1) is 32.6. The van der Waals surface area contributed by atoms with Crippen LogP contribution in [0.25, 0.3) is 17.4 Å². The molecule has 1 aromatic heterocycles. The van der Waals surface area contributed by atoms with Gasteiger partial charge in [-0.1, -0.05) is 71.2 Å². The molecule has 1 unspecified atom stereocenters. The van der Waals surface area contributed by atoms with E-state index in [2.05, 4.69) is 16.0 Å². The van der Waals surface area contributed by atoms with Gasteiger partial charge < -0.3 is 20.4 Å². The minimum Gasteiger partial charge on any atom is -0.457 e. The number of aryl methyl sites for hydroxylation is 1. The fourth-order valence-corrected chi connectivity index (χ4v) is 5.61. The summed E-state index contributed by atoms with van der Waals surface area (Å²) in [5.41, 5.74) is 3.40. The summed E-state index contributed by atoms with van der Waals surface area (Å²) in [4.78, 5) is 40.0. The van der Waals surface area contributed by atoms with Crippen LogP contribution in [-0.2, 0) is 9.59 Å². The Kier molecular flexibility index (Phi) is 10.6. The van der Waals surface area contributed by atoms with Gasteiger partial charge in [-0.05, 0) is 80.6 Å². The molecule has 1 heterocycles. The van der Waals surface area contributed by atoms with Gasteiger partial charge in [-0.3, -0.25) is 14.4 Å². The molecule has 3 amide bonds. The lowest BCUT2D eigenvalue weighted by Gasteiger charge is -2.14. The number of halogens is 2. The number of hydrogen-bond acceptors (Lipinski definition) is 5. The highest BCUT2D eigenvalue weighted by atomic mass is 35.5. The van der Waals surface area contributed by atoms with Crippen molar-refractivity contribution in [3.8, 4) is 11.3 Å². The molecule has 3 N–H and O–H groups in total. The highest BCUT2D eigenvalue weighted by Gasteiger charge is 2.18. The van der Waals surface area contributed by atoms with E-state index in [0.717, 1.165) is 16.0 Å². The molecule has 1 atom stereocenters. The van der Waals surface area contributed by atoms with E-state index >= 15 is 0 Å². The smallest absolute Gasteiger partial charge is 0.272 e. The Morgan fingerprint density at radius 1 is 0.826 bits per heavy atom. The van der Waals surface area contributed by atoms with E-state index in [1.165, 1.54) is 17.8 Å². The van der Waals surface area contributed by atoms with Crippen molar-refractivity contribution in [1.82, 2.24) is 5.32 Å². The van der Waals surface area contributed by atoms with E-state index in [0.29, 0.717) is 38.5 Å². The molecule has 232 valence electrons. The molecule has 0 saturated carbocycles. The van der Waals surface area contributed by atoms with E-state index in [9.17, 15) is 14.4 Å². The lowest BCUT2D eigenvalue weighted by atomic mass is 10.1. The highest BCUT2D eigenvalue weighted by molar-refractivity contribution is 8.00. The van der Waals surface area contributed by atoms with Crippen LogP contribution in [0.15, 0.2) is 124 Å². The van der Waals surface area contributed by atoms with Gasteiger partial charge in [-0.2, -0.15) is 0 Å². The second-order valence-electron chi connectivity index (χ2n) is 10.3. The molecule has 0 fully saturated rings. The van der Waals surface area contributed by atoms with Crippen LogP contribution in [0.5, 0.6) is 0 Å². The van der Waals surface area contributed by atoms with Crippen LogP contribution >= 0.6 is 35.0 Å². The molecule has 7 nitrogen and oxygen atoms in total. The Hall–Kier alpha value is -4.76. The van der Waals surface area contributed by atoms with Crippen molar-refractivity contribution in [3.05, 3.63) is 142 Å². The molecule has 0 aliphatic heterocycles. The van der Waals surface area contributed by atoms with Crippen molar-refractivity contribution in [2.75, 3.05) is 10.6 Å². The van der Waals surface area contributed by atoms with Crippen LogP contribution < -0.4 is 16.0 Å². The van der Waals surface area contributed by atoms with E-state index in [-0.39, 0.29) is 11.6 Å². The zero-order valence-electron chi connectivity index (χ0n) is 24.8. The summed E-state index contributed by atoms with van der Waals surface area (Å²) in [6, 6.07) is 32.0. The van der Waals surface area contributed by atoms with Gasteiger partial charge in [0.25, 0.3) is 11.8 Å². The third-order valence-electron chi connectivity index (χ3n) is 6.76. The molecule has 0 saturated heterocycles. The van der Waals surface area contributed by atoms with Crippen molar-refractivity contribution in [1.29, 1.82) is 0 Å². The van der Waals surface area contributed by atoms with Crippen molar-refractivity contribution < 1.29 is 18.8 Å². The van der Waals surface area contributed by atoms with Gasteiger partial charge in [0.15, 0.2) is 0 Å². The summed E-state index contributed by atoms with van der Waals surface area (Å²) in [5, 5.41) is 8.76. The van der Waals surface area contributed by atoms with Crippen molar-refractivity contribution >= 4 is 70.1 Å². The molecular formula is C36H29Cl2N3O4S. The molecule has 0 aliphatic carbocycles. The number of benzene rings is 4. The molecule has 0 spiro atoms. The first-order chi connectivity index (χ1) is 22.1. The Morgan fingerprint density at radius 2 is 1.54 bits per heavy atom. The Bertz CT molecular complexity index is 1890. The van der Waals surface area contributed by atoms with E-state index in [1.54, 1.807) is 85.8 Å². The third-order valence-corrected chi connectivity index (χ3v) is 8.42. The van der Waals surface area contributed by atoms with Gasteiger partial charge >= 0.3 is 0 Å². The quantitative estimate of drug-likeness (QED) is 0.102. The second-order valence-corrected chi connectivity index (χ2v) is 12.6. The highest BCUT2D eigenvalue weighted by Crippen LogP contribution is 2.29. The Balaban J connectivity index is 1.28. The third kappa shape index (κ3) is 8.69. The lowest BCUT2D eigenvalue weighted by molar-refractivity contribution is -0.115. The monoisotopic (exact) mass is 669 g/mol. The van der Waals surface area contributed by atoms with E-state index < -0.39 is 17.1 Å². The topological polar surface area (TPSA) is 100 Å². The first-order valence-electron chi connectivity index (χ1n) is 14.2. The zero-order valence-corrected chi connectivity index (χ0v) is 27.2. The number of amides is 3. The number of rotatable bonds is 10. The maximum Gasteiger partial charge on any atom is 0.272 e. The fraction of sp³-hybridized carbons (Fsp3) is 0.0833. The number of carbonyl (C=O) groups excluding carboxylic acids is 3. The van der Waals surface area contributed by atoms with Gasteiger partial charge in [-0.25, -0.2) is 0 Å². The summed E-state index contributed by atoms with van der Waals surface area (Å²) in [6.07, 6.45) is 1.49. The molecular weight excluding hydrogens is 641 g/mol. The number of furan rings is 1. The molecule has 4 aromatic carbocycles. The molecule has 5 rings (SSSR count). The van der Waals surface area contributed by atoms with Gasteiger partial charge in [0.2, 0.25) is 5.91 Å². The van der Waals surface area contributed by atoms with Crippen molar-refractivity contribution in [2.24, 2.45) is 0 Å². The molecule has 0 bridgehead atoms. The first-order valence-corrected chi connectivity index (χ1v) is 15.9. The average molecular weight is 671 g/mol. The van der Waals surface area contributed by atoms with Crippen LogP contribution in [0.1, 0.15) is 28.6 Å². The van der Waals surface area contributed by atoms with Crippen LogP contribution in [-0.4, -0.2) is 23.0 Å². The summed E-state index contributed by atoms with van der Waals surface area (Å²) in [5.74, 6) is -0.170. The summed E-state index contributed by atoms with van der Waals surface area (Å²) >= 11 is 13.5. The predicted octanol–water partition coefficient (Wildman–Crippen LogP) is 9.09. The lowest BCUT2D eigenvalue weighted by Crippen LogP contribution is -2.30. The summed E-state index contributed by atoms with van der Waals surface area (Å²) in [6.45, 7) is 3.79. The number of carbonyl (C=O) groups is 3. The maximum absolute atomic E-state index is 13.5. The molecule has 0 radical (unpaired) electrons. The summed E-state index contributed by atoms with van der Waals surface area (Å²) in [7, 11) is 0. The maximum atomic E-state index is 13.5. The standard InChI is InChI=1S/C36H29Cl2N3O4S/c1-22-8-10-24(11-9-22)33-19-15-28(45-33)21-32(41-35(43)25-6-4-3-5-7-25)36(44)39-27-13-16-29(17-14-27)46-23(2)34(42)40-31-18-12-26(37)20-30(31)38/h3-21,23H,1-2H3,(H,39,44)(H,40,42)(H,41,43)/b32-21-. The molecule has 46 heavy (non-hydrogen) atoms. The number of hydrogen-bond donors (Lipinski definition) is 3. The van der Waals surface area contributed by atoms with E-state index in [4.69, 9.17) is 27.6 Å². The largest absolute Gasteiger partial charge is 0.457 e. The van der Waals surface area contributed by atoms with Gasteiger partial charge in [-0.15, -0.1) is 11.8 Å². The Morgan fingerprint density at radius 3 is 2.24 bits per heavy atom. The molecule has 10 heteroatoms. The van der Waals surface area contributed by atoms with Gasteiger partial charge in [0.05, 0.1) is 16.0 Å². The van der Waals surface area contributed by atoms with Crippen LogP contribution in [0, 0.1) is 6.92 Å². The van der Waals surface area contributed by atoms with Crippen molar-refractivity contribution in [2.45, 2.75) is 24.0 Å². The van der Waals surface area contributed by atoms with Gasteiger partial charge in [0, 0.05) is 32.8 Å². The van der Waals surface area contributed by atoms with Crippen molar-refractivity contribution in [3.63, 3.8) is 0 Å². The van der Waals surface area contributed by atoms with Gasteiger partial charge in [0.1, 0.15) is 17.2 Å². The predicted molar refractivity (Wildman–Crippen MR) is 186 cm³/mol. The minimum atomic E-state index is -0.537. The fourth-order valence-electron chi connectivity index (χ4n) is 4.29. The number of thioether (sulfide) groups is 1. The number of anilines is 2. The number of nitrogens with one attached hydrogen (secondary N) is 3. The van der Waals surface area contributed by atoms with E-state index in [1.807, 2.05) is 37.3 Å². The normalized spacial score (nSPS) is 11.9. The molecule has 0 aliphatic rings. The SMILES string of the molecule is Cc1ccc(-c2ccc(/C=C(\NC(=O)c3ccccc3)C(=O)Nc3ccc(SC(C)C(=O)Nc4ccc(Cl)cc4Cl)cc3)o2)cc1. The Labute approximate surface area is 281 Å². The average Bonchev–Trinajstić information content (AvgIpc) is 3.52. The molecule has 5 aromatic rings. The van der Waals surface area contributed by atoms with Crippen LogP contribution in [0.2, 0.25) is 10.0 Å². The minimum absolute atomic E-state index is 0.00302. The second kappa shape index (κ2) is 15.0. The van der Waals surface area contributed by atoms with Crippen LogP contribution in [0.3, 0.4) is 0 Å².